The molecule has 0 saturated carbocycles. The smallest absolute Gasteiger partial charge is 0.240 e. The Labute approximate surface area is 132 Å². The number of benzene rings is 1. The molecule has 1 aromatic carbocycles. The fourth-order valence-corrected chi connectivity index (χ4v) is 3.45. The summed E-state index contributed by atoms with van der Waals surface area (Å²) >= 11 is 0. The summed E-state index contributed by atoms with van der Waals surface area (Å²) in [6, 6.07) is 2.46. The van der Waals surface area contributed by atoms with Gasteiger partial charge in [0.1, 0.15) is 0 Å². The van der Waals surface area contributed by atoms with Crippen LogP contribution in [0, 0.1) is 11.6 Å². The van der Waals surface area contributed by atoms with Gasteiger partial charge in [0, 0.05) is 24.2 Å². The molecule has 23 heavy (non-hydrogen) atoms. The van der Waals surface area contributed by atoms with E-state index in [4.69, 9.17) is 4.74 Å². The molecule has 0 spiro atoms. The Morgan fingerprint density at radius 3 is 2.91 bits per heavy atom. The van der Waals surface area contributed by atoms with Gasteiger partial charge >= 0.3 is 0 Å². The van der Waals surface area contributed by atoms with Crippen LogP contribution in [0.5, 0.6) is 0 Å². The van der Waals surface area contributed by atoms with Crippen molar-refractivity contribution in [2.45, 2.75) is 24.5 Å². The van der Waals surface area contributed by atoms with Gasteiger partial charge in [-0.3, -0.25) is 4.68 Å². The van der Waals surface area contributed by atoms with Crippen molar-refractivity contribution in [3.63, 3.8) is 0 Å². The van der Waals surface area contributed by atoms with Crippen LogP contribution in [0.15, 0.2) is 29.3 Å². The highest BCUT2D eigenvalue weighted by molar-refractivity contribution is 7.89. The fraction of sp³-hybridized carbons (Fsp3) is 0.357. The number of hydrogen-bond donors (Lipinski definition) is 1. The van der Waals surface area contributed by atoms with Crippen molar-refractivity contribution in [1.29, 1.82) is 0 Å². The van der Waals surface area contributed by atoms with E-state index in [2.05, 4.69) is 9.82 Å². The average Bonchev–Trinajstić information content (AvgIpc) is 2.93. The Kier molecular flexibility index (Phi) is 4.42. The first-order chi connectivity index (χ1) is 11.0. The summed E-state index contributed by atoms with van der Waals surface area (Å²) in [5, 5.41) is 4.21. The van der Waals surface area contributed by atoms with Crippen LogP contribution in [0.4, 0.5) is 8.78 Å². The molecule has 0 saturated heterocycles. The predicted molar refractivity (Wildman–Crippen MR) is 77.1 cm³/mol. The van der Waals surface area contributed by atoms with Gasteiger partial charge in [0.15, 0.2) is 11.6 Å². The first kappa shape index (κ1) is 16.0. The lowest BCUT2D eigenvalue weighted by Crippen LogP contribution is -2.28. The second-order valence-electron chi connectivity index (χ2n) is 5.12. The van der Waals surface area contributed by atoms with Gasteiger partial charge in [0.05, 0.1) is 30.9 Å². The number of nitrogens with one attached hydrogen (secondary N) is 1. The van der Waals surface area contributed by atoms with Gasteiger partial charge in [0.2, 0.25) is 10.0 Å². The van der Waals surface area contributed by atoms with Crippen LogP contribution in [0.25, 0.3) is 0 Å². The molecule has 0 amide bonds. The van der Waals surface area contributed by atoms with Crippen LogP contribution >= 0.6 is 0 Å². The summed E-state index contributed by atoms with van der Waals surface area (Å²) in [7, 11) is -3.90. The fourth-order valence-electron chi connectivity index (χ4n) is 2.42. The summed E-state index contributed by atoms with van der Waals surface area (Å²) < 4.78 is 59.6. The molecular weight excluding hydrogens is 328 g/mol. The summed E-state index contributed by atoms with van der Waals surface area (Å²) in [6.07, 6.45) is 2.43. The Bertz CT molecular complexity index is 821. The summed E-state index contributed by atoms with van der Waals surface area (Å²) in [5.74, 6) is -2.29. The Hall–Kier alpha value is -1.84. The van der Waals surface area contributed by atoms with Gasteiger partial charge in [-0.1, -0.05) is 0 Å². The van der Waals surface area contributed by atoms with E-state index < -0.39 is 21.7 Å². The Morgan fingerprint density at radius 1 is 1.30 bits per heavy atom. The first-order valence-electron chi connectivity index (χ1n) is 7.03. The number of sulfonamides is 1. The molecule has 1 aliphatic rings. The molecule has 3 rings (SSSR count). The zero-order valence-corrected chi connectivity index (χ0v) is 12.9. The van der Waals surface area contributed by atoms with Crippen LogP contribution in [-0.2, 0) is 34.3 Å². The molecule has 6 nitrogen and oxygen atoms in total. The zero-order chi connectivity index (χ0) is 16.4. The number of rotatable bonds is 5. The van der Waals surface area contributed by atoms with Crippen molar-refractivity contribution in [3.05, 3.63) is 47.3 Å². The molecular formula is C14H15F2N3O3S. The van der Waals surface area contributed by atoms with Crippen LogP contribution in [-0.4, -0.2) is 31.3 Å². The molecule has 9 heteroatoms. The minimum absolute atomic E-state index is 0.0936. The van der Waals surface area contributed by atoms with E-state index in [-0.39, 0.29) is 11.4 Å². The van der Waals surface area contributed by atoms with Crippen molar-refractivity contribution in [1.82, 2.24) is 14.5 Å². The number of nitrogens with zero attached hydrogens (tertiary/aromatic N) is 2. The molecule has 1 N–H and O–H groups in total. The lowest BCUT2D eigenvalue weighted by molar-refractivity contribution is 0.109. The molecule has 2 heterocycles. The SMILES string of the molecule is O=S(=O)(NCCn1ncc2c1CCOC2)c1ccc(F)c(F)c1. The van der Waals surface area contributed by atoms with Gasteiger partial charge in [-0.2, -0.15) is 5.10 Å². The topological polar surface area (TPSA) is 73.2 Å². The lowest BCUT2D eigenvalue weighted by atomic mass is 10.2. The van der Waals surface area contributed by atoms with Crippen molar-refractivity contribution >= 4 is 10.0 Å². The maximum atomic E-state index is 13.2. The Morgan fingerprint density at radius 2 is 2.13 bits per heavy atom. The third kappa shape index (κ3) is 3.41. The average molecular weight is 343 g/mol. The number of aromatic nitrogens is 2. The second kappa shape index (κ2) is 6.34. The van der Waals surface area contributed by atoms with E-state index in [9.17, 15) is 17.2 Å². The zero-order valence-electron chi connectivity index (χ0n) is 12.1. The normalized spacial score (nSPS) is 14.7. The highest BCUT2D eigenvalue weighted by Crippen LogP contribution is 2.16. The molecule has 0 fully saturated rings. The number of hydrogen-bond acceptors (Lipinski definition) is 4. The van der Waals surface area contributed by atoms with Crippen LogP contribution in [0.2, 0.25) is 0 Å². The van der Waals surface area contributed by atoms with Gasteiger partial charge in [0.25, 0.3) is 0 Å². The van der Waals surface area contributed by atoms with Crippen molar-refractivity contribution in [2.75, 3.05) is 13.2 Å². The minimum Gasteiger partial charge on any atom is -0.376 e. The van der Waals surface area contributed by atoms with Crippen molar-refractivity contribution in [2.24, 2.45) is 0 Å². The summed E-state index contributed by atoms with van der Waals surface area (Å²) in [4.78, 5) is -0.313. The molecule has 1 aromatic heterocycles. The van der Waals surface area contributed by atoms with Gasteiger partial charge < -0.3 is 4.74 Å². The van der Waals surface area contributed by atoms with E-state index in [1.165, 1.54) is 0 Å². The first-order valence-corrected chi connectivity index (χ1v) is 8.52. The largest absolute Gasteiger partial charge is 0.376 e. The van der Waals surface area contributed by atoms with Crippen LogP contribution < -0.4 is 4.72 Å². The van der Waals surface area contributed by atoms with Crippen LogP contribution in [0.1, 0.15) is 11.3 Å². The highest BCUT2D eigenvalue weighted by Gasteiger charge is 2.18. The molecule has 0 atom stereocenters. The quantitative estimate of drug-likeness (QED) is 0.886. The van der Waals surface area contributed by atoms with E-state index in [1.54, 1.807) is 10.9 Å². The summed E-state index contributed by atoms with van der Waals surface area (Å²) in [5.41, 5.74) is 2.03. The van der Waals surface area contributed by atoms with Gasteiger partial charge in [-0.25, -0.2) is 21.9 Å². The molecule has 0 bridgehead atoms. The van der Waals surface area contributed by atoms with E-state index in [0.29, 0.717) is 25.8 Å². The monoisotopic (exact) mass is 343 g/mol. The second-order valence-corrected chi connectivity index (χ2v) is 6.88. The molecule has 0 aliphatic carbocycles. The third-order valence-electron chi connectivity index (χ3n) is 3.59. The molecule has 0 radical (unpaired) electrons. The van der Waals surface area contributed by atoms with E-state index >= 15 is 0 Å². The van der Waals surface area contributed by atoms with E-state index in [1.807, 2.05) is 0 Å². The van der Waals surface area contributed by atoms with Gasteiger partial charge in [-0.05, 0) is 18.2 Å². The maximum Gasteiger partial charge on any atom is 0.240 e. The molecule has 124 valence electrons. The lowest BCUT2D eigenvalue weighted by Gasteiger charge is -2.15. The third-order valence-corrected chi connectivity index (χ3v) is 5.05. The number of ether oxygens (including phenoxy) is 1. The summed E-state index contributed by atoms with van der Waals surface area (Å²) in [6.45, 7) is 1.56. The molecule has 0 unspecified atom stereocenters. The standard InChI is InChI=1S/C14H15F2N3O3S/c15-12-2-1-11(7-13(12)16)23(20,21)18-4-5-19-14-3-6-22-9-10(14)8-17-19/h1-2,7-8,18H,3-6,9H2. The molecule has 2 aromatic rings. The number of halogens is 2. The molecule has 1 aliphatic heterocycles. The number of fused-ring (bicyclic) bond motifs is 1. The van der Waals surface area contributed by atoms with Crippen LogP contribution in [0.3, 0.4) is 0 Å². The highest BCUT2D eigenvalue weighted by atomic mass is 32.2. The van der Waals surface area contributed by atoms with E-state index in [0.717, 1.165) is 29.8 Å². The predicted octanol–water partition coefficient (Wildman–Crippen LogP) is 1.21. The van der Waals surface area contributed by atoms with Crippen molar-refractivity contribution < 1.29 is 21.9 Å². The van der Waals surface area contributed by atoms with Gasteiger partial charge in [-0.15, -0.1) is 0 Å². The maximum absolute atomic E-state index is 13.2. The Balaban J connectivity index is 1.65. The van der Waals surface area contributed by atoms with Crippen molar-refractivity contribution in [3.8, 4) is 0 Å². The minimum atomic E-state index is -3.90.